The number of hydrogen-bond acceptors (Lipinski definition) is 6. The van der Waals surface area contributed by atoms with Crippen LogP contribution in [0.15, 0.2) is 24.3 Å². The molecule has 5 N–H and O–H groups in total. The highest BCUT2D eigenvalue weighted by molar-refractivity contribution is 7.47. The van der Waals surface area contributed by atoms with E-state index in [0.29, 0.717) is 12.8 Å². The van der Waals surface area contributed by atoms with Gasteiger partial charge in [-0.25, -0.2) is 4.57 Å². The topological polar surface area (TPSA) is 131 Å². The number of phosphoric ester groups is 1. The maximum atomic E-state index is 12.8. The summed E-state index contributed by atoms with van der Waals surface area (Å²) >= 11 is 0. The molecule has 0 aliphatic rings. The second kappa shape index (κ2) is 44.5. The van der Waals surface area contributed by atoms with Crippen LogP contribution in [0.1, 0.15) is 245 Å². The molecule has 0 saturated carbocycles. The first kappa shape index (κ1) is 56.0. The maximum absolute atomic E-state index is 12.8. The van der Waals surface area contributed by atoms with Crippen LogP contribution in [0.5, 0.6) is 0 Å². The Morgan fingerprint density at radius 1 is 0.579 bits per heavy atom. The molecule has 0 aliphatic heterocycles. The fraction of sp³-hybridized carbons (Fsp3) is 0.896. The fourth-order valence-electron chi connectivity index (χ4n) is 7.34. The molecule has 0 aromatic carbocycles. The first-order chi connectivity index (χ1) is 27.9. The van der Waals surface area contributed by atoms with E-state index in [4.69, 9.17) is 14.8 Å². The standard InChI is InChI=1S/C48H95N2O6P/c1-3-5-7-9-11-13-15-17-19-21-22-23-24-26-28-30-32-34-36-38-40-42-48(52)50-46(45-56-57(53,54)55-44-43-49)47(51)41-39-37-35-33-31-29-27-25-20-18-16-14-12-10-8-6-4-2/h15,17,21-22,46-47,51H,3-14,16,18-20,23-45,49H2,1-2H3,(H,50,52)(H,53,54)/b17-15-,22-21-. The van der Waals surface area contributed by atoms with Gasteiger partial charge >= 0.3 is 7.82 Å². The van der Waals surface area contributed by atoms with E-state index in [-0.39, 0.29) is 25.7 Å². The molecule has 8 nitrogen and oxygen atoms in total. The number of hydrogen-bond donors (Lipinski definition) is 4. The number of phosphoric acid groups is 1. The van der Waals surface area contributed by atoms with Gasteiger partial charge in [-0.2, -0.15) is 0 Å². The van der Waals surface area contributed by atoms with E-state index in [9.17, 15) is 19.4 Å². The van der Waals surface area contributed by atoms with Crippen LogP contribution in [0.2, 0.25) is 0 Å². The lowest BCUT2D eigenvalue weighted by molar-refractivity contribution is -0.123. The Hall–Kier alpha value is -1.02. The third kappa shape index (κ3) is 42.9. The zero-order valence-corrected chi connectivity index (χ0v) is 38.5. The second-order valence-corrected chi connectivity index (χ2v) is 18.1. The minimum Gasteiger partial charge on any atom is -0.391 e. The number of aliphatic hydroxyl groups is 1. The molecule has 3 atom stereocenters. The third-order valence-corrected chi connectivity index (χ3v) is 12.0. The predicted molar refractivity (Wildman–Crippen MR) is 245 cm³/mol. The predicted octanol–water partition coefficient (Wildman–Crippen LogP) is 14.1. The Kier molecular flexibility index (Phi) is 43.7. The molecule has 0 rings (SSSR count). The molecule has 0 radical (unpaired) electrons. The molecule has 0 fully saturated rings. The van der Waals surface area contributed by atoms with Crippen LogP contribution in [0.3, 0.4) is 0 Å². The number of aliphatic hydroxyl groups excluding tert-OH is 1. The normalized spacial score (nSPS) is 14.1. The van der Waals surface area contributed by atoms with E-state index >= 15 is 0 Å². The molecule has 0 aromatic rings. The van der Waals surface area contributed by atoms with Gasteiger partial charge in [0.2, 0.25) is 5.91 Å². The van der Waals surface area contributed by atoms with Crippen molar-refractivity contribution in [3.05, 3.63) is 24.3 Å². The van der Waals surface area contributed by atoms with Gasteiger partial charge < -0.3 is 21.1 Å². The minimum absolute atomic E-state index is 0.0889. The van der Waals surface area contributed by atoms with Gasteiger partial charge in [-0.3, -0.25) is 13.8 Å². The van der Waals surface area contributed by atoms with Gasteiger partial charge in [-0.05, 0) is 44.9 Å². The number of carbonyl (C=O) groups excluding carboxylic acids is 1. The van der Waals surface area contributed by atoms with E-state index in [2.05, 4.69) is 43.5 Å². The molecule has 0 aliphatic carbocycles. The van der Waals surface area contributed by atoms with Crippen molar-refractivity contribution in [2.24, 2.45) is 5.73 Å². The van der Waals surface area contributed by atoms with E-state index < -0.39 is 20.0 Å². The van der Waals surface area contributed by atoms with Gasteiger partial charge in [0.1, 0.15) is 0 Å². The van der Waals surface area contributed by atoms with E-state index in [0.717, 1.165) is 44.9 Å². The van der Waals surface area contributed by atoms with Crippen LogP contribution in [0.4, 0.5) is 0 Å². The summed E-state index contributed by atoms with van der Waals surface area (Å²) in [5.74, 6) is -0.163. The third-order valence-electron chi connectivity index (χ3n) is 11.1. The van der Waals surface area contributed by atoms with Gasteiger partial charge in [-0.1, -0.05) is 218 Å². The van der Waals surface area contributed by atoms with Crippen molar-refractivity contribution < 1.29 is 28.4 Å². The molecule has 9 heteroatoms. The number of nitrogens with two attached hydrogens (primary N) is 1. The van der Waals surface area contributed by atoms with Crippen LogP contribution in [-0.2, 0) is 18.4 Å². The van der Waals surface area contributed by atoms with E-state index in [1.807, 2.05) is 0 Å². The summed E-state index contributed by atoms with van der Waals surface area (Å²) in [7, 11) is -4.32. The van der Waals surface area contributed by atoms with Gasteiger partial charge in [0.05, 0.1) is 25.4 Å². The number of rotatable bonds is 46. The van der Waals surface area contributed by atoms with Crippen molar-refractivity contribution in [3.63, 3.8) is 0 Å². The summed E-state index contributed by atoms with van der Waals surface area (Å²) in [6, 6.07) is -0.775. The van der Waals surface area contributed by atoms with Gasteiger partial charge in [0, 0.05) is 13.0 Å². The van der Waals surface area contributed by atoms with Gasteiger partial charge in [0.25, 0.3) is 0 Å². The highest BCUT2D eigenvalue weighted by atomic mass is 31.2. The highest BCUT2D eigenvalue weighted by Crippen LogP contribution is 2.43. The Morgan fingerprint density at radius 2 is 0.965 bits per heavy atom. The first-order valence-corrected chi connectivity index (χ1v) is 25.9. The lowest BCUT2D eigenvalue weighted by Crippen LogP contribution is -2.46. The Morgan fingerprint density at radius 3 is 1.39 bits per heavy atom. The molecule has 1 amide bonds. The maximum Gasteiger partial charge on any atom is 0.472 e. The molecular formula is C48H95N2O6P. The van der Waals surface area contributed by atoms with Crippen LogP contribution in [-0.4, -0.2) is 47.8 Å². The SMILES string of the molecule is CCCCCCC/C=C\C/C=C\CCCCCCCCCCCC(=O)NC(COP(=O)(O)OCCN)C(O)CCCCCCCCCCCCCCCCCCC. The largest absolute Gasteiger partial charge is 0.472 e. The number of nitrogens with one attached hydrogen (secondary N) is 1. The van der Waals surface area contributed by atoms with Gasteiger partial charge in [0.15, 0.2) is 0 Å². The van der Waals surface area contributed by atoms with Crippen LogP contribution in [0, 0.1) is 0 Å². The van der Waals surface area contributed by atoms with Crippen molar-refractivity contribution in [3.8, 4) is 0 Å². The molecule has 0 saturated heterocycles. The van der Waals surface area contributed by atoms with Crippen molar-refractivity contribution >= 4 is 13.7 Å². The smallest absolute Gasteiger partial charge is 0.391 e. The molecule has 0 heterocycles. The van der Waals surface area contributed by atoms with E-state index in [1.54, 1.807) is 0 Å². The summed E-state index contributed by atoms with van der Waals surface area (Å²) in [5.41, 5.74) is 5.39. The van der Waals surface area contributed by atoms with Gasteiger partial charge in [-0.15, -0.1) is 0 Å². The number of allylic oxidation sites excluding steroid dienone is 4. The average molecular weight is 827 g/mol. The summed E-state index contributed by atoms with van der Waals surface area (Å²) in [6.45, 7) is 4.22. The van der Waals surface area contributed by atoms with Crippen LogP contribution in [0.25, 0.3) is 0 Å². The molecule has 0 bridgehead atoms. The van der Waals surface area contributed by atoms with Crippen molar-refractivity contribution in [2.75, 3.05) is 19.8 Å². The molecule has 0 aromatic heterocycles. The number of carbonyl (C=O) groups is 1. The van der Waals surface area contributed by atoms with Crippen molar-refractivity contribution in [2.45, 2.75) is 257 Å². The molecular weight excluding hydrogens is 732 g/mol. The second-order valence-electron chi connectivity index (χ2n) is 16.7. The Bertz CT molecular complexity index is 948. The zero-order valence-electron chi connectivity index (χ0n) is 37.6. The average Bonchev–Trinajstić information content (AvgIpc) is 3.20. The monoisotopic (exact) mass is 827 g/mol. The first-order valence-electron chi connectivity index (χ1n) is 24.5. The lowest BCUT2D eigenvalue weighted by Gasteiger charge is -2.25. The molecule has 338 valence electrons. The molecule has 0 spiro atoms. The summed E-state index contributed by atoms with van der Waals surface area (Å²) in [5, 5.41) is 13.9. The Balaban J connectivity index is 4.08. The molecule has 3 unspecified atom stereocenters. The van der Waals surface area contributed by atoms with Crippen LogP contribution < -0.4 is 11.1 Å². The summed E-state index contributed by atoms with van der Waals surface area (Å²) in [4.78, 5) is 22.8. The summed E-state index contributed by atoms with van der Waals surface area (Å²) < 4.78 is 22.2. The Labute approximate surface area is 353 Å². The number of amides is 1. The van der Waals surface area contributed by atoms with E-state index in [1.165, 1.54) is 173 Å². The highest BCUT2D eigenvalue weighted by Gasteiger charge is 2.27. The van der Waals surface area contributed by atoms with Crippen LogP contribution >= 0.6 is 7.82 Å². The van der Waals surface area contributed by atoms with Crippen molar-refractivity contribution in [1.29, 1.82) is 0 Å². The lowest BCUT2D eigenvalue weighted by atomic mass is 10.0. The van der Waals surface area contributed by atoms with Crippen molar-refractivity contribution in [1.82, 2.24) is 5.32 Å². The fourth-order valence-corrected chi connectivity index (χ4v) is 8.10. The quantitative estimate of drug-likeness (QED) is 0.0273. The summed E-state index contributed by atoms with van der Waals surface area (Å²) in [6.07, 6.45) is 51.9. The minimum atomic E-state index is -4.32. The number of unbranched alkanes of at least 4 members (excludes halogenated alkanes) is 30. The molecule has 57 heavy (non-hydrogen) atoms. The zero-order chi connectivity index (χ0) is 41.8.